The lowest BCUT2D eigenvalue weighted by molar-refractivity contribution is -0.00539. The summed E-state index contributed by atoms with van der Waals surface area (Å²) in [5.41, 5.74) is 16.3. The van der Waals surface area contributed by atoms with Crippen molar-refractivity contribution in [2.24, 2.45) is 71.0 Å². The second-order valence-corrected chi connectivity index (χ2v) is 31.7. The Morgan fingerprint density at radius 1 is 0.308 bits per heavy atom. The normalized spacial score (nSPS) is 40.5. The van der Waals surface area contributed by atoms with Crippen molar-refractivity contribution in [3.8, 4) is 23.0 Å². The molecule has 17 aliphatic rings. The van der Waals surface area contributed by atoms with Crippen LogP contribution in [0.15, 0.2) is 48.5 Å². The third kappa shape index (κ3) is 7.80. The molecule has 4 aromatic carbocycles. The molecule has 2 N–H and O–H groups in total. The van der Waals surface area contributed by atoms with Crippen LogP contribution in [0.25, 0.3) is 0 Å². The molecule has 0 aliphatic heterocycles. The molecule has 16 fully saturated rings. The van der Waals surface area contributed by atoms with E-state index in [0.717, 1.165) is 118 Å². The second-order valence-electron chi connectivity index (χ2n) is 31.7. The van der Waals surface area contributed by atoms with E-state index in [1.54, 1.807) is 0 Å². The zero-order valence-corrected chi connectivity index (χ0v) is 47.9. The van der Waals surface area contributed by atoms with E-state index in [1.165, 1.54) is 199 Å². The third-order valence-corrected chi connectivity index (χ3v) is 26.0. The maximum Gasteiger partial charge on any atom is 0.126 e. The number of aromatic hydroxyl groups is 2. The first-order valence-electron chi connectivity index (χ1n) is 33.2. The number of rotatable bonds is 10. The molecule has 17 aliphatic carbocycles. The van der Waals surface area contributed by atoms with Gasteiger partial charge in [0.15, 0.2) is 0 Å². The van der Waals surface area contributed by atoms with Crippen LogP contribution >= 0.6 is 0 Å². The Hall–Kier alpha value is -3.92. The molecule has 0 amide bonds. The van der Waals surface area contributed by atoms with Crippen LogP contribution in [0.3, 0.4) is 0 Å². The maximum absolute atomic E-state index is 13.4. The fraction of sp³-hybridized carbons (Fsp3) is 0.676. The van der Waals surface area contributed by atoms with Gasteiger partial charge in [-0.3, -0.25) is 0 Å². The highest BCUT2D eigenvalue weighted by Gasteiger charge is 2.56. The van der Waals surface area contributed by atoms with Crippen molar-refractivity contribution in [2.45, 2.75) is 228 Å². The first-order valence-corrected chi connectivity index (χ1v) is 33.2. The average Bonchev–Trinajstić information content (AvgIpc) is 3.56. The van der Waals surface area contributed by atoms with Crippen LogP contribution in [-0.2, 0) is 47.3 Å². The number of ether oxygens (including phenoxy) is 2. The number of phenolic OH excluding ortho intramolecular Hbond substituents is 2. The average molecular weight is 1050 g/mol. The van der Waals surface area contributed by atoms with E-state index in [4.69, 9.17) is 9.47 Å². The maximum atomic E-state index is 13.4. The van der Waals surface area contributed by atoms with Crippen LogP contribution in [0.5, 0.6) is 23.0 Å². The van der Waals surface area contributed by atoms with E-state index < -0.39 is 0 Å². The van der Waals surface area contributed by atoms with Crippen LogP contribution in [0.4, 0.5) is 0 Å². The zero-order valence-electron chi connectivity index (χ0n) is 47.9. The van der Waals surface area contributed by atoms with Gasteiger partial charge in [-0.2, -0.15) is 0 Å². The number of benzene rings is 4. The first kappa shape index (κ1) is 48.8. The van der Waals surface area contributed by atoms with Crippen LogP contribution < -0.4 is 9.47 Å². The van der Waals surface area contributed by atoms with Gasteiger partial charge >= 0.3 is 0 Å². The largest absolute Gasteiger partial charge is 0.507 e. The summed E-state index contributed by atoms with van der Waals surface area (Å²) in [6.45, 7) is 5.83. The number of hydrogen-bond donors (Lipinski definition) is 2. The fourth-order valence-corrected chi connectivity index (χ4v) is 24.8. The van der Waals surface area contributed by atoms with Gasteiger partial charge in [-0.15, -0.1) is 0 Å². The Morgan fingerprint density at radius 2 is 0.487 bits per heavy atom. The Morgan fingerprint density at radius 3 is 0.667 bits per heavy atom. The monoisotopic (exact) mass is 1040 g/mol. The van der Waals surface area contributed by atoms with Crippen molar-refractivity contribution < 1.29 is 19.7 Å². The molecule has 0 aromatic heterocycles. The second kappa shape index (κ2) is 17.8. The predicted molar refractivity (Wildman–Crippen MR) is 311 cm³/mol. The van der Waals surface area contributed by atoms with Gasteiger partial charge in [-0.1, -0.05) is 62.4 Å². The van der Waals surface area contributed by atoms with Crippen molar-refractivity contribution in [1.29, 1.82) is 0 Å². The summed E-state index contributed by atoms with van der Waals surface area (Å²) in [5.74, 6) is 13.1. The molecule has 412 valence electrons. The highest BCUT2D eigenvalue weighted by molar-refractivity contribution is 5.60. The van der Waals surface area contributed by atoms with Crippen LogP contribution in [0.1, 0.15) is 248 Å². The lowest BCUT2D eigenvalue weighted by atomic mass is 9.47. The minimum atomic E-state index is 0.183. The molecule has 78 heavy (non-hydrogen) atoms. The van der Waals surface area contributed by atoms with Gasteiger partial charge in [-0.25, -0.2) is 0 Å². The standard InChI is InChI=1S/C74H92O4/c1-3-5-77-69-59-19-55-23-63(71-31-43-7-44(32-71)9-45(8-43)33-71)25-57(67(55)75)21-61-29-66(74-40-52-16-53(41-74)18-54(17-52)42-74)30-62(70(61)78-6-4-2)22-58-26-64(72-34-46-10-47(35-72)12-48(11-46)36-72)24-56(68(58)76)20-60(69)28-65(27-59)73-37-49-13-50(38-73)15-51(14-49)39-73/h23-30,43-54,75-76H,3-22,31-42H2,1-2H3. The zero-order chi connectivity index (χ0) is 51.9. The van der Waals surface area contributed by atoms with Crippen LogP contribution in [0.2, 0.25) is 0 Å². The molecule has 4 heteroatoms. The molecule has 21 rings (SSSR count). The van der Waals surface area contributed by atoms with Gasteiger partial charge in [0.05, 0.1) is 13.2 Å². The van der Waals surface area contributed by atoms with Crippen molar-refractivity contribution in [2.75, 3.05) is 13.2 Å². The van der Waals surface area contributed by atoms with Crippen molar-refractivity contribution in [1.82, 2.24) is 0 Å². The molecule has 0 heterocycles. The smallest absolute Gasteiger partial charge is 0.126 e. The van der Waals surface area contributed by atoms with Crippen LogP contribution in [0, 0.1) is 71.0 Å². The molecular weight excluding hydrogens is 953 g/mol. The first-order chi connectivity index (χ1) is 37.9. The Kier molecular flexibility index (Phi) is 11.1. The summed E-state index contributed by atoms with van der Waals surface area (Å²) in [5, 5.41) is 26.9. The minimum absolute atomic E-state index is 0.183. The summed E-state index contributed by atoms with van der Waals surface area (Å²) >= 11 is 0. The van der Waals surface area contributed by atoms with Gasteiger partial charge in [0.1, 0.15) is 23.0 Å². The Labute approximate surface area is 468 Å². The topological polar surface area (TPSA) is 58.9 Å². The molecule has 0 unspecified atom stereocenters. The number of fused-ring (bicyclic) bond motifs is 8. The van der Waals surface area contributed by atoms with E-state index in [9.17, 15) is 10.2 Å². The molecule has 16 saturated carbocycles. The lowest BCUT2D eigenvalue weighted by Crippen LogP contribution is -2.48. The number of hydrogen-bond acceptors (Lipinski definition) is 4. The van der Waals surface area contributed by atoms with Gasteiger partial charge < -0.3 is 19.7 Å². The summed E-state index contributed by atoms with van der Waals surface area (Å²) < 4.78 is 14.5. The molecule has 4 nitrogen and oxygen atoms in total. The summed E-state index contributed by atoms with van der Waals surface area (Å²) in [6, 6.07) is 20.7. The van der Waals surface area contributed by atoms with E-state index in [2.05, 4.69) is 62.4 Å². The van der Waals surface area contributed by atoms with Gasteiger partial charge in [-0.05, 0) is 326 Å². The third-order valence-electron chi connectivity index (χ3n) is 26.0. The summed E-state index contributed by atoms with van der Waals surface area (Å²) in [4.78, 5) is 0. The molecule has 0 spiro atoms. The van der Waals surface area contributed by atoms with Crippen molar-refractivity contribution >= 4 is 0 Å². The fourth-order valence-electron chi connectivity index (χ4n) is 24.8. The Bertz CT molecular complexity index is 2630. The van der Waals surface area contributed by atoms with E-state index in [-0.39, 0.29) is 21.7 Å². The molecule has 24 bridgehead atoms. The molecule has 0 atom stereocenters. The van der Waals surface area contributed by atoms with Crippen molar-refractivity contribution in [3.05, 3.63) is 115 Å². The highest BCUT2D eigenvalue weighted by Crippen LogP contribution is 2.66. The van der Waals surface area contributed by atoms with Gasteiger partial charge in [0.2, 0.25) is 0 Å². The van der Waals surface area contributed by atoms with Crippen LogP contribution in [-0.4, -0.2) is 23.4 Å². The van der Waals surface area contributed by atoms with E-state index >= 15 is 0 Å². The predicted octanol–water partition coefficient (Wildman–Crippen LogP) is 17.2. The highest BCUT2D eigenvalue weighted by atomic mass is 16.5. The molecular formula is C74H92O4. The van der Waals surface area contributed by atoms with Crippen molar-refractivity contribution in [3.63, 3.8) is 0 Å². The quantitative estimate of drug-likeness (QED) is 0.146. The van der Waals surface area contributed by atoms with Gasteiger partial charge in [0, 0.05) is 25.7 Å². The Balaban J connectivity index is 0.905. The molecule has 4 aromatic rings. The molecule has 0 saturated heterocycles. The lowest BCUT2D eigenvalue weighted by Gasteiger charge is -2.57. The summed E-state index contributed by atoms with van der Waals surface area (Å²) in [6.07, 6.45) is 37.3. The van der Waals surface area contributed by atoms with Gasteiger partial charge in [0.25, 0.3) is 0 Å². The SMILES string of the molecule is CCCOc1c2cc(C34CC5CC(CC(C5)C3)C4)cc1Cc1cc(C34CC5CC(CC(C5)C3)C4)cc(c1O)Cc1cc(C34CC5CC(CC(C5)C3)C4)cc(c1OCCC)Cc1cc(C34CC5CC(CC(C5)C3)C4)cc(c1O)C2. The van der Waals surface area contributed by atoms with E-state index in [1.807, 2.05) is 0 Å². The molecule has 0 radical (unpaired) electrons. The van der Waals surface area contributed by atoms with E-state index in [0.29, 0.717) is 50.4 Å². The summed E-state index contributed by atoms with van der Waals surface area (Å²) in [7, 11) is 0. The minimum Gasteiger partial charge on any atom is -0.507 e. The number of phenols is 2.